The van der Waals surface area contributed by atoms with Gasteiger partial charge in [-0.3, -0.25) is 0 Å². The molecule has 0 amide bonds. The van der Waals surface area contributed by atoms with E-state index in [0.717, 1.165) is 16.7 Å². The van der Waals surface area contributed by atoms with Crippen LogP contribution in [0.15, 0.2) is 36.4 Å². The highest BCUT2D eigenvalue weighted by atomic mass is 16.4. The van der Waals surface area contributed by atoms with Gasteiger partial charge in [0.25, 0.3) is 0 Å². The standard InChI is InChI=1S/C15H15NO2/c1-9-3-4-14(10(2)5-9)11-6-12(15(17)18)8-13(16)7-11/h3-8H,16H2,1-2H3,(H,17,18). The molecule has 0 radical (unpaired) electrons. The summed E-state index contributed by atoms with van der Waals surface area (Å²) in [5, 5.41) is 9.04. The molecule has 0 atom stereocenters. The number of carboxylic acid groups (broad SMARTS) is 1. The molecule has 0 unspecified atom stereocenters. The van der Waals surface area contributed by atoms with E-state index in [2.05, 4.69) is 6.07 Å². The van der Waals surface area contributed by atoms with Crippen molar-refractivity contribution in [2.75, 3.05) is 5.73 Å². The fraction of sp³-hybridized carbons (Fsp3) is 0.133. The Morgan fingerprint density at radius 3 is 2.44 bits per heavy atom. The van der Waals surface area contributed by atoms with Gasteiger partial charge in [-0.25, -0.2) is 4.79 Å². The summed E-state index contributed by atoms with van der Waals surface area (Å²) in [5.74, 6) is -0.965. The zero-order chi connectivity index (χ0) is 13.3. The number of nitrogen functional groups attached to an aromatic ring is 1. The van der Waals surface area contributed by atoms with E-state index in [4.69, 9.17) is 10.8 Å². The van der Waals surface area contributed by atoms with Gasteiger partial charge in [0, 0.05) is 5.69 Å². The van der Waals surface area contributed by atoms with E-state index in [0.29, 0.717) is 5.69 Å². The maximum absolute atomic E-state index is 11.0. The van der Waals surface area contributed by atoms with Crippen LogP contribution in [0.2, 0.25) is 0 Å². The van der Waals surface area contributed by atoms with Gasteiger partial charge >= 0.3 is 5.97 Å². The first-order chi connectivity index (χ1) is 8.47. The van der Waals surface area contributed by atoms with Gasteiger partial charge in [0.15, 0.2) is 0 Å². The average molecular weight is 241 g/mol. The molecular weight excluding hydrogens is 226 g/mol. The van der Waals surface area contributed by atoms with Crippen LogP contribution in [0.3, 0.4) is 0 Å². The predicted octanol–water partition coefficient (Wildman–Crippen LogP) is 3.25. The summed E-state index contributed by atoms with van der Waals surface area (Å²) in [6.45, 7) is 4.03. The Morgan fingerprint density at radius 2 is 1.83 bits per heavy atom. The highest BCUT2D eigenvalue weighted by molar-refractivity contribution is 5.91. The number of hydrogen-bond donors (Lipinski definition) is 2. The number of rotatable bonds is 2. The van der Waals surface area contributed by atoms with Gasteiger partial charge in [0.1, 0.15) is 0 Å². The summed E-state index contributed by atoms with van der Waals surface area (Å²) < 4.78 is 0. The van der Waals surface area contributed by atoms with Crippen LogP contribution < -0.4 is 5.73 Å². The topological polar surface area (TPSA) is 63.3 Å². The number of aromatic carboxylic acids is 1. The number of benzene rings is 2. The van der Waals surface area contributed by atoms with E-state index in [9.17, 15) is 4.79 Å². The quantitative estimate of drug-likeness (QED) is 0.793. The second-order valence-electron chi connectivity index (χ2n) is 4.47. The zero-order valence-electron chi connectivity index (χ0n) is 10.4. The van der Waals surface area contributed by atoms with Gasteiger partial charge in [-0.2, -0.15) is 0 Å². The Labute approximate surface area is 106 Å². The maximum Gasteiger partial charge on any atom is 0.335 e. The molecule has 0 aromatic heterocycles. The van der Waals surface area contributed by atoms with E-state index in [1.54, 1.807) is 12.1 Å². The highest BCUT2D eigenvalue weighted by Gasteiger charge is 2.08. The van der Waals surface area contributed by atoms with Crippen LogP contribution in [0.5, 0.6) is 0 Å². The molecule has 92 valence electrons. The lowest BCUT2D eigenvalue weighted by Crippen LogP contribution is -1.99. The van der Waals surface area contributed by atoms with Crippen LogP contribution in [0.1, 0.15) is 21.5 Å². The first kappa shape index (κ1) is 12.2. The van der Waals surface area contributed by atoms with Crippen molar-refractivity contribution in [2.45, 2.75) is 13.8 Å². The molecule has 3 N–H and O–H groups in total. The van der Waals surface area contributed by atoms with Crippen LogP contribution in [0, 0.1) is 13.8 Å². The third-order valence-electron chi connectivity index (χ3n) is 2.90. The van der Waals surface area contributed by atoms with E-state index >= 15 is 0 Å². The van der Waals surface area contributed by atoms with Gasteiger partial charge in [-0.15, -0.1) is 0 Å². The van der Waals surface area contributed by atoms with Crippen LogP contribution in [0.4, 0.5) is 5.69 Å². The first-order valence-electron chi connectivity index (χ1n) is 5.69. The molecule has 0 aliphatic rings. The summed E-state index contributed by atoms with van der Waals surface area (Å²) >= 11 is 0. The maximum atomic E-state index is 11.0. The lowest BCUT2D eigenvalue weighted by Gasteiger charge is -2.09. The van der Waals surface area contributed by atoms with E-state index in [-0.39, 0.29) is 5.56 Å². The minimum absolute atomic E-state index is 0.213. The molecule has 0 saturated carbocycles. The molecular formula is C15H15NO2. The number of carboxylic acids is 1. The van der Waals surface area contributed by atoms with Crippen LogP contribution in [0.25, 0.3) is 11.1 Å². The van der Waals surface area contributed by atoms with Crippen molar-refractivity contribution in [3.8, 4) is 11.1 Å². The molecule has 0 aliphatic carbocycles. The molecule has 0 saturated heterocycles. The molecule has 0 spiro atoms. The second kappa shape index (κ2) is 4.53. The number of anilines is 1. The SMILES string of the molecule is Cc1ccc(-c2cc(N)cc(C(=O)O)c2)c(C)c1. The normalized spacial score (nSPS) is 10.3. The van der Waals surface area contributed by atoms with Crippen molar-refractivity contribution in [3.05, 3.63) is 53.1 Å². The Morgan fingerprint density at radius 1 is 1.11 bits per heavy atom. The van der Waals surface area contributed by atoms with Crippen LogP contribution >= 0.6 is 0 Å². The summed E-state index contributed by atoms with van der Waals surface area (Å²) in [6.07, 6.45) is 0. The third-order valence-corrected chi connectivity index (χ3v) is 2.90. The van der Waals surface area contributed by atoms with E-state index < -0.39 is 5.97 Å². The van der Waals surface area contributed by atoms with Crippen LogP contribution in [-0.2, 0) is 0 Å². The fourth-order valence-corrected chi connectivity index (χ4v) is 2.07. The summed E-state index contributed by atoms with van der Waals surface area (Å²) in [4.78, 5) is 11.0. The Kier molecular flexibility index (Phi) is 3.06. The minimum Gasteiger partial charge on any atom is -0.478 e. The van der Waals surface area contributed by atoms with E-state index in [1.165, 1.54) is 11.6 Å². The van der Waals surface area contributed by atoms with Gasteiger partial charge in [0.05, 0.1) is 5.56 Å². The lowest BCUT2D eigenvalue weighted by molar-refractivity contribution is 0.0697. The number of aryl methyl sites for hydroxylation is 2. The smallest absolute Gasteiger partial charge is 0.335 e. The van der Waals surface area contributed by atoms with Crippen molar-refractivity contribution in [3.63, 3.8) is 0 Å². The molecule has 3 nitrogen and oxygen atoms in total. The average Bonchev–Trinajstić information content (AvgIpc) is 2.27. The molecule has 0 fully saturated rings. The number of hydrogen-bond acceptors (Lipinski definition) is 2. The van der Waals surface area contributed by atoms with Crippen molar-refractivity contribution in [2.24, 2.45) is 0 Å². The molecule has 0 bridgehead atoms. The summed E-state index contributed by atoms with van der Waals surface area (Å²) in [6, 6.07) is 11.0. The van der Waals surface area contributed by atoms with Crippen LogP contribution in [-0.4, -0.2) is 11.1 Å². The minimum atomic E-state index is -0.965. The van der Waals surface area contributed by atoms with Crippen molar-refractivity contribution in [1.82, 2.24) is 0 Å². The second-order valence-corrected chi connectivity index (χ2v) is 4.47. The molecule has 0 aliphatic heterocycles. The Bertz CT molecular complexity index is 618. The highest BCUT2D eigenvalue weighted by Crippen LogP contribution is 2.27. The van der Waals surface area contributed by atoms with E-state index in [1.807, 2.05) is 26.0 Å². The van der Waals surface area contributed by atoms with Crippen molar-refractivity contribution in [1.29, 1.82) is 0 Å². The monoisotopic (exact) mass is 241 g/mol. The molecule has 2 aromatic carbocycles. The lowest BCUT2D eigenvalue weighted by atomic mass is 9.97. The number of carbonyl (C=O) groups is 1. The summed E-state index contributed by atoms with van der Waals surface area (Å²) in [7, 11) is 0. The molecule has 2 rings (SSSR count). The van der Waals surface area contributed by atoms with Crippen molar-refractivity contribution >= 4 is 11.7 Å². The number of nitrogens with two attached hydrogens (primary N) is 1. The third kappa shape index (κ3) is 2.35. The van der Waals surface area contributed by atoms with Gasteiger partial charge in [-0.1, -0.05) is 23.8 Å². The molecule has 3 heteroatoms. The van der Waals surface area contributed by atoms with Gasteiger partial charge < -0.3 is 10.8 Å². The molecule has 0 heterocycles. The largest absolute Gasteiger partial charge is 0.478 e. The Hall–Kier alpha value is -2.29. The summed E-state index contributed by atoms with van der Waals surface area (Å²) in [5.41, 5.74) is 10.6. The first-order valence-corrected chi connectivity index (χ1v) is 5.69. The van der Waals surface area contributed by atoms with Crippen molar-refractivity contribution < 1.29 is 9.90 Å². The molecule has 2 aromatic rings. The zero-order valence-corrected chi connectivity index (χ0v) is 10.4. The Balaban J connectivity index is 2.60. The van der Waals surface area contributed by atoms with Gasteiger partial charge in [-0.05, 0) is 48.7 Å². The van der Waals surface area contributed by atoms with Gasteiger partial charge in [0.2, 0.25) is 0 Å². The predicted molar refractivity (Wildman–Crippen MR) is 72.7 cm³/mol. The molecule has 18 heavy (non-hydrogen) atoms. The fourth-order valence-electron chi connectivity index (χ4n) is 2.07.